The van der Waals surface area contributed by atoms with Crippen LogP contribution in [0.1, 0.15) is 77.5 Å². The molecule has 2 amide bonds. The predicted octanol–water partition coefficient (Wildman–Crippen LogP) is 8.43. The molecule has 2 bridgehead atoms. The minimum atomic E-state index is -0.947. The minimum absolute atomic E-state index is 0.00443. The molecule has 12 nitrogen and oxygen atoms in total. The van der Waals surface area contributed by atoms with Crippen molar-refractivity contribution in [3.05, 3.63) is 46.2 Å². The van der Waals surface area contributed by atoms with Gasteiger partial charge in [0.2, 0.25) is 5.82 Å². The number of carbonyl (C=O) groups excluding carboxylic acids is 3. The molecule has 52 heavy (non-hydrogen) atoms. The number of amides is 2. The van der Waals surface area contributed by atoms with E-state index in [2.05, 4.69) is 15.3 Å². The van der Waals surface area contributed by atoms with E-state index in [1.165, 1.54) is 12.1 Å². The molecule has 4 heterocycles. The molecule has 2 aromatic carbocycles. The molecule has 0 aliphatic carbocycles. The fourth-order valence-electron chi connectivity index (χ4n) is 6.61. The van der Waals surface area contributed by atoms with Gasteiger partial charge in [-0.15, -0.1) is 11.3 Å². The van der Waals surface area contributed by atoms with Gasteiger partial charge in [-0.05, 0) is 79.0 Å². The standard InChI is InChI=1S/C36H37ClF2N6O6S/c1-8-49-32(46)29-41-27-20(30(42-29)44-15-17-9-10-18(16-44)45(17)34(48)51-36(5,6)7)13-22(37)25(26(27)39)19-11-12-23(38)28-24(19)21(14-40)31(52-28)43-33(47)50-35(2,3)4/h11-13,17-18H,8-10,15-16H2,1-7H3,(H,43,47). The molecule has 2 atom stereocenters. The van der Waals surface area contributed by atoms with E-state index in [0.717, 1.165) is 17.4 Å². The number of ether oxygens (including phenoxy) is 3. The van der Waals surface area contributed by atoms with E-state index < -0.39 is 41.0 Å². The number of halogens is 3. The number of carbonyl (C=O) groups is 3. The first kappa shape index (κ1) is 37.0. The van der Waals surface area contributed by atoms with Crippen molar-refractivity contribution < 1.29 is 37.4 Å². The molecule has 1 N–H and O–H groups in total. The molecule has 2 fully saturated rings. The summed E-state index contributed by atoms with van der Waals surface area (Å²) in [5.41, 5.74) is -2.04. The molecule has 2 unspecified atom stereocenters. The quantitative estimate of drug-likeness (QED) is 0.156. The van der Waals surface area contributed by atoms with Gasteiger partial charge < -0.3 is 19.1 Å². The molecule has 0 spiro atoms. The number of nitrogens with one attached hydrogen (secondary N) is 1. The second-order valence-electron chi connectivity index (χ2n) is 14.6. The summed E-state index contributed by atoms with van der Waals surface area (Å²) in [5.74, 6) is -2.69. The maximum Gasteiger partial charge on any atom is 0.412 e. The predicted molar refractivity (Wildman–Crippen MR) is 193 cm³/mol. The van der Waals surface area contributed by atoms with Gasteiger partial charge >= 0.3 is 18.2 Å². The summed E-state index contributed by atoms with van der Waals surface area (Å²) in [7, 11) is 0. The van der Waals surface area contributed by atoms with Crippen molar-refractivity contribution in [3.8, 4) is 17.2 Å². The highest BCUT2D eigenvalue weighted by molar-refractivity contribution is 7.23. The number of nitrogens with zero attached hydrogens (tertiary/aromatic N) is 5. The molecule has 2 aromatic heterocycles. The first-order valence-corrected chi connectivity index (χ1v) is 17.9. The highest BCUT2D eigenvalue weighted by Gasteiger charge is 2.45. The van der Waals surface area contributed by atoms with Crippen LogP contribution in [0.3, 0.4) is 0 Å². The maximum atomic E-state index is 17.1. The van der Waals surface area contributed by atoms with Gasteiger partial charge in [0.05, 0.1) is 34.0 Å². The zero-order valence-corrected chi connectivity index (χ0v) is 31.2. The van der Waals surface area contributed by atoms with Crippen molar-refractivity contribution >= 4 is 72.9 Å². The molecule has 2 aliphatic rings. The van der Waals surface area contributed by atoms with E-state index in [-0.39, 0.29) is 78.0 Å². The van der Waals surface area contributed by atoms with E-state index >= 15 is 8.78 Å². The largest absolute Gasteiger partial charge is 0.460 e. The minimum Gasteiger partial charge on any atom is -0.460 e. The van der Waals surface area contributed by atoms with Crippen LogP contribution in [0.4, 0.5) is 29.2 Å². The van der Waals surface area contributed by atoms with Gasteiger partial charge in [0, 0.05) is 29.4 Å². The Morgan fingerprint density at radius 3 is 2.31 bits per heavy atom. The summed E-state index contributed by atoms with van der Waals surface area (Å²) >= 11 is 7.66. The fourth-order valence-corrected chi connectivity index (χ4v) is 7.98. The lowest BCUT2D eigenvalue weighted by molar-refractivity contribution is 0.0122. The number of aromatic nitrogens is 2. The Morgan fingerprint density at radius 2 is 1.71 bits per heavy atom. The lowest BCUT2D eigenvalue weighted by atomic mass is 9.97. The number of benzene rings is 2. The Labute approximate surface area is 307 Å². The van der Waals surface area contributed by atoms with Gasteiger partial charge in [0.1, 0.15) is 39.4 Å². The van der Waals surface area contributed by atoms with Gasteiger partial charge in [-0.25, -0.2) is 33.1 Å². The Balaban J connectivity index is 1.49. The fraction of sp³-hybridized carbons (Fsp3) is 0.444. The SMILES string of the molecule is CCOC(=O)c1nc(N2CC3CCC(C2)N3C(=O)OC(C)(C)C)c2cc(Cl)c(-c3ccc(F)c4sc(NC(=O)OC(C)(C)C)c(C#N)c34)c(F)c2n1. The van der Waals surface area contributed by atoms with E-state index in [0.29, 0.717) is 25.9 Å². The van der Waals surface area contributed by atoms with Crippen molar-refractivity contribution in [1.29, 1.82) is 5.26 Å². The van der Waals surface area contributed by atoms with Gasteiger partial charge in [-0.3, -0.25) is 10.2 Å². The van der Waals surface area contributed by atoms with E-state index in [1.807, 2.05) is 11.0 Å². The van der Waals surface area contributed by atoms with Crippen molar-refractivity contribution in [2.75, 3.05) is 29.9 Å². The Hall–Kier alpha value is -4.81. The number of nitriles is 1. The Kier molecular flexibility index (Phi) is 9.69. The van der Waals surface area contributed by atoms with Crippen LogP contribution >= 0.6 is 22.9 Å². The first-order valence-electron chi connectivity index (χ1n) is 16.7. The van der Waals surface area contributed by atoms with Gasteiger partial charge in [0.15, 0.2) is 5.82 Å². The van der Waals surface area contributed by atoms with Crippen LogP contribution in [0.5, 0.6) is 0 Å². The lowest BCUT2D eigenvalue weighted by Crippen LogP contribution is -2.57. The third kappa shape index (κ3) is 7.01. The normalized spacial score (nSPS) is 17.3. The van der Waals surface area contributed by atoms with E-state index in [1.54, 1.807) is 53.4 Å². The highest BCUT2D eigenvalue weighted by atomic mass is 35.5. The number of thiophene rings is 1. The molecule has 4 aromatic rings. The first-order chi connectivity index (χ1) is 24.4. The summed E-state index contributed by atoms with van der Waals surface area (Å²) in [6, 6.07) is 5.41. The number of piperazine rings is 1. The highest BCUT2D eigenvalue weighted by Crippen LogP contribution is 2.47. The number of hydrogen-bond acceptors (Lipinski definition) is 11. The van der Waals surface area contributed by atoms with E-state index in [9.17, 15) is 19.6 Å². The molecule has 0 saturated carbocycles. The summed E-state index contributed by atoms with van der Waals surface area (Å²) in [6.07, 6.45) is 0.142. The number of fused-ring (bicyclic) bond motifs is 4. The summed E-state index contributed by atoms with van der Waals surface area (Å²) in [6.45, 7) is 12.7. The van der Waals surface area contributed by atoms with Crippen molar-refractivity contribution in [3.63, 3.8) is 0 Å². The average Bonchev–Trinajstić information content (AvgIpc) is 3.54. The Morgan fingerprint density at radius 1 is 1.06 bits per heavy atom. The van der Waals surface area contributed by atoms with Crippen molar-refractivity contribution in [2.24, 2.45) is 0 Å². The van der Waals surface area contributed by atoms with Crippen LogP contribution in [0.2, 0.25) is 5.02 Å². The van der Waals surface area contributed by atoms with Gasteiger partial charge in [-0.1, -0.05) is 17.7 Å². The summed E-state index contributed by atoms with van der Waals surface area (Å²) < 4.78 is 48.5. The van der Waals surface area contributed by atoms with Crippen LogP contribution in [-0.4, -0.2) is 76.0 Å². The molecule has 274 valence electrons. The zero-order chi connectivity index (χ0) is 37.9. The van der Waals surface area contributed by atoms with Crippen molar-refractivity contribution in [1.82, 2.24) is 14.9 Å². The van der Waals surface area contributed by atoms with Crippen LogP contribution in [0, 0.1) is 23.0 Å². The maximum absolute atomic E-state index is 17.1. The molecule has 6 rings (SSSR count). The molecular formula is C36H37ClF2N6O6S. The zero-order valence-electron chi connectivity index (χ0n) is 29.6. The molecular weight excluding hydrogens is 718 g/mol. The number of anilines is 2. The Bertz CT molecular complexity index is 2160. The average molecular weight is 755 g/mol. The summed E-state index contributed by atoms with van der Waals surface area (Å²) in [5, 5.41) is 12.8. The third-order valence-electron chi connectivity index (χ3n) is 8.49. The van der Waals surface area contributed by atoms with Crippen LogP contribution in [0.15, 0.2) is 18.2 Å². The molecule has 2 saturated heterocycles. The third-order valence-corrected chi connectivity index (χ3v) is 9.90. The number of rotatable bonds is 5. The molecule has 2 aliphatic heterocycles. The van der Waals surface area contributed by atoms with Gasteiger partial charge in [-0.2, -0.15) is 5.26 Å². The number of hydrogen-bond donors (Lipinski definition) is 1. The lowest BCUT2D eigenvalue weighted by Gasteiger charge is -2.42. The second-order valence-corrected chi connectivity index (χ2v) is 16.0. The number of esters is 1. The van der Waals surface area contributed by atoms with Crippen LogP contribution in [-0.2, 0) is 14.2 Å². The van der Waals surface area contributed by atoms with Crippen LogP contribution in [0.25, 0.3) is 32.1 Å². The second kappa shape index (κ2) is 13.6. The monoisotopic (exact) mass is 754 g/mol. The van der Waals surface area contributed by atoms with E-state index in [4.69, 9.17) is 25.8 Å². The van der Waals surface area contributed by atoms with Gasteiger partial charge in [0.25, 0.3) is 0 Å². The topological polar surface area (TPSA) is 147 Å². The molecule has 0 radical (unpaired) electrons. The summed E-state index contributed by atoms with van der Waals surface area (Å²) in [4.78, 5) is 51.2. The van der Waals surface area contributed by atoms with Crippen molar-refractivity contribution in [2.45, 2.75) is 84.6 Å². The smallest absolute Gasteiger partial charge is 0.412 e. The molecule has 16 heteroatoms. The van der Waals surface area contributed by atoms with Crippen LogP contribution < -0.4 is 10.2 Å².